The topological polar surface area (TPSA) is 49.5 Å². The Morgan fingerprint density at radius 3 is 2.42 bits per heavy atom. The smallest absolute Gasteiger partial charge is 0.0721 e. The number of benzene rings is 1. The highest BCUT2D eigenvalue weighted by Crippen LogP contribution is 2.33. The number of piperidine rings is 1. The average molecular weight is 262 g/mol. The third-order valence-corrected chi connectivity index (χ3v) is 4.43. The summed E-state index contributed by atoms with van der Waals surface area (Å²) in [5, 5.41) is 10.8. The lowest BCUT2D eigenvalue weighted by Crippen LogP contribution is -2.50. The number of para-hydroxylation sites is 1. The second-order valence-corrected chi connectivity index (χ2v) is 5.65. The first-order chi connectivity index (χ1) is 9.19. The molecule has 106 valence electrons. The molecule has 0 saturated carbocycles. The number of aliphatic hydroxyl groups is 1. The summed E-state index contributed by atoms with van der Waals surface area (Å²) in [4.78, 5) is 2.36. The van der Waals surface area contributed by atoms with Gasteiger partial charge in [0.25, 0.3) is 0 Å². The fourth-order valence-corrected chi connectivity index (χ4v) is 3.15. The molecule has 3 N–H and O–H groups in total. The molecule has 1 fully saturated rings. The Kier molecular flexibility index (Phi) is 4.83. The van der Waals surface area contributed by atoms with Crippen molar-refractivity contribution < 1.29 is 5.11 Å². The number of rotatable bonds is 5. The summed E-state index contributed by atoms with van der Waals surface area (Å²) in [5.41, 5.74) is 6.54. The molecule has 2 rings (SSSR count). The van der Waals surface area contributed by atoms with Crippen LogP contribution in [-0.2, 0) is 0 Å². The van der Waals surface area contributed by atoms with E-state index in [-0.39, 0.29) is 5.92 Å². The van der Waals surface area contributed by atoms with Gasteiger partial charge in [-0.1, -0.05) is 31.5 Å². The largest absolute Gasteiger partial charge is 0.389 e. The molecule has 3 heteroatoms. The van der Waals surface area contributed by atoms with Crippen LogP contribution in [-0.4, -0.2) is 30.3 Å². The van der Waals surface area contributed by atoms with Gasteiger partial charge >= 0.3 is 0 Å². The van der Waals surface area contributed by atoms with Gasteiger partial charge in [0.15, 0.2) is 0 Å². The van der Waals surface area contributed by atoms with Crippen LogP contribution in [0, 0.1) is 5.92 Å². The van der Waals surface area contributed by atoms with Crippen LogP contribution in [0.2, 0.25) is 0 Å². The molecule has 1 aromatic rings. The van der Waals surface area contributed by atoms with Crippen LogP contribution >= 0.6 is 0 Å². The van der Waals surface area contributed by atoms with Crippen LogP contribution in [0.5, 0.6) is 0 Å². The van der Waals surface area contributed by atoms with E-state index in [4.69, 9.17) is 5.73 Å². The molecule has 1 saturated heterocycles. The highest BCUT2D eigenvalue weighted by atomic mass is 16.3. The van der Waals surface area contributed by atoms with Gasteiger partial charge in [-0.3, -0.25) is 0 Å². The van der Waals surface area contributed by atoms with Gasteiger partial charge < -0.3 is 15.7 Å². The lowest BCUT2D eigenvalue weighted by Gasteiger charge is -2.43. The highest BCUT2D eigenvalue weighted by Gasteiger charge is 2.38. The van der Waals surface area contributed by atoms with E-state index in [9.17, 15) is 5.11 Å². The zero-order valence-corrected chi connectivity index (χ0v) is 11.9. The molecule has 1 atom stereocenters. The van der Waals surface area contributed by atoms with E-state index >= 15 is 0 Å². The Hall–Kier alpha value is -1.06. The summed E-state index contributed by atoms with van der Waals surface area (Å²) in [6.45, 7) is 4.59. The van der Waals surface area contributed by atoms with E-state index < -0.39 is 5.60 Å². The van der Waals surface area contributed by atoms with Gasteiger partial charge in [0.05, 0.1) is 5.60 Å². The normalized spacial score (nSPS) is 20.3. The molecule has 0 aliphatic carbocycles. The monoisotopic (exact) mass is 262 g/mol. The predicted octanol–water partition coefficient (Wildman–Crippen LogP) is 2.39. The Labute approximate surface area is 116 Å². The first kappa shape index (κ1) is 14.4. The fraction of sp³-hybridized carbons (Fsp3) is 0.625. The first-order valence-electron chi connectivity index (χ1n) is 7.42. The number of hydrogen-bond acceptors (Lipinski definition) is 3. The minimum Gasteiger partial charge on any atom is -0.389 e. The van der Waals surface area contributed by atoms with Crippen molar-refractivity contribution in [1.82, 2.24) is 0 Å². The summed E-state index contributed by atoms with van der Waals surface area (Å²) >= 11 is 0. The van der Waals surface area contributed by atoms with E-state index in [2.05, 4.69) is 36.1 Å². The van der Waals surface area contributed by atoms with Gasteiger partial charge in [0, 0.05) is 24.7 Å². The van der Waals surface area contributed by atoms with Crippen molar-refractivity contribution in [3.63, 3.8) is 0 Å². The highest BCUT2D eigenvalue weighted by molar-refractivity contribution is 5.46. The zero-order chi connectivity index (χ0) is 13.7. The minimum atomic E-state index is -0.559. The number of hydrogen-bond donors (Lipinski definition) is 2. The van der Waals surface area contributed by atoms with Crippen LogP contribution in [0.15, 0.2) is 30.3 Å². The Morgan fingerprint density at radius 1 is 1.26 bits per heavy atom. The van der Waals surface area contributed by atoms with Crippen molar-refractivity contribution in [2.45, 2.75) is 38.2 Å². The molecule has 1 aliphatic heterocycles. The summed E-state index contributed by atoms with van der Waals surface area (Å²) < 4.78 is 0. The van der Waals surface area contributed by atoms with E-state index in [1.54, 1.807) is 0 Å². The third kappa shape index (κ3) is 3.28. The van der Waals surface area contributed by atoms with Gasteiger partial charge in [-0.2, -0.15) is 0 Å². The molecule has 1 aliphatic rings. The second kappa shape index (κ2) is 6.40. The lowest BCUT2D eigenvalue weighted by atomic mass is 9.77. The molecular weight excluding hydrogens is 236 g/mol. The van der Waals surface area contributed by atoms with E-state index in [0.717, 1.165) is 38.8 Å². The summed E-state index contributed by atoms with van der Waals surface area (Å²) in [7, 11) is 0. The van der Waals surface area contributed by atoms with E-state index in [1.807, 2.05) is 6.07 Å². The molecule has 1 heterocycles. The standard InChI is InChI=1S/C16H26N2O/c1-2-6-14(13-17)16(19)9-11-18(12-10-16)15-7-4-3-5-8-15/h3-5,7-8,14,19H,2,6,9-13,17H2,1H3. The van der Waals surface area contributed by atoms with Gasteiger partial charge in [-0.25, -0.2) is 0 Å². The van der Waals surface area contributed by atoms with Crippen molar-refractivity contribution in [2.24, 2.45) is 11.7 Å². The molecule has 19 heavy (non-hydrogen) atoms. The Balaban J connectivity index is 1.98. The first-order valence-corrected chi connectivity index (χ1v) is 7.42. The molecule has 0 bridgehead atoms. The van der Waals surface area contributed by atoms with Crippen molar-refractivity contribution in [1.29, 1.82) is 0 Å². The number of anilines is 1. The molecule has 0 aromatic heterocycles. The minimum absolute atomic E-state index is 0.246. The maximum atomic E-state index is 10.8. The average Bonchev–Trinajstić information content (AvgIpc) is 2.46. The van der Waals surface area contributed by atoms with Crippen LogP contribution in [0.4, 0.5) is 5.69 Å². The van der Waals surface area contributed by atoms with Crippen molar-refractivity contribution in [3.05, 3.63) is 30.3 Å². The predicted molar refractivity (Wildman–Crippen MR) is 80.3 cm³/mol. The van der Waals surface area contributed by atoms with Crippen LogP contribution in [0.3, 0.4) is 0 Å². The fourth-order valence-electron chi connectivity index (χ4n) is 3.15. The van der Waals surface area contributed by atoms with Crippen LogP contribution in [0.25, 0.3) is 0 Å². The molecule has 3 nitrogen and oxygen atoms in total. The van der Waals surface area contributed by atoms with E-state index in [1.165, 1.54) is 5.69 Å². The summed E-state index contributed by atoms with van der Waals surface area (Å²) in [6.07, 6.45) is 3.76. The Bertz CT molecular complexity index is 372. The van der Waals surface area contributed by atoms with Crippen LogP contribution < -0.4 is 10.6 Å². The third-order valence-electron chi connectivity index (χ3n) is 4.43. The quantitative estimate of drug-likeness (QED) is 0.856. The van der Waals surface area contributed by atoms with Gasteiger partial charge in [0.2, 0.25) is 0 Å². The zero-order valence-electron chi connectivity index (χ0n) is 11.9. The SMILES string of the molecule is CCCC(CN)C1(O)CCN(c2ccccc2)CC1. The molecule has 0 spiro atoms. The van der Waals surface area contributed by atoms with Crippen molar-refractivity contribution in [2.75, 3.05) is 24.5 Å². The summed E-state index contributed by atoms with van der Waals surface area (Å²) in [5.74, 6) is 0.246. The van der Waals surface area contributed by atoms with Crippen molar-refractivity contribution in [3.8, 4) is 0 Å². The molecule has 1 aromatic carbocycles. The van der Waals surface area contributed by atoms with Crippen molar-refractivity contribution >= 4 is 5.69 Å². The Morgan fingerprint density at radius 2 is 1.89 bits per heavy atom. The molecule has 0 radical (unpaired) electrons. The second-order valence-electron chi connectivity index (χ2n) is 5.65. The maximum Gasteiger partial charge on any atom is 0.0721 e. The maximum absolute atomic E-state index is 10.8. The summed E-state index contributed by atoms with van der Waals surface area (Å²) in [6, 6.07) is 10.4. The van der Waals surface area contributed by atoms with Crippen LogP contribution in [0.1, 0.15) is 32.6 Å². The number of nitrogens with two attached hydrogens (primary N) is 1. The van der Waals surface area contributed by atoms with E-state index in [0.29, 0.717) is 6.54 Å². The molecule has 0 amide bonds. The molecule has 1 unspecified atom stereocenters. The van der Waals surface area contributed by atoms with Gasteiger partial charge in [-0.05, 0) is 37.9 Å². The number of nitrogens with zero attached hydrogens (tertiary/aromatic N) is 1. The van der Waals surface area contributed by atoms with Gasteiger partial charge in [-0.15, -0.1) is 0 Å². The van der Waals surface area contributed by atoms with Gasteiger partial charge in [0.1, 0.15) is 0 Å². The lowest BCUT2D eigenvalue weighted by molar-refractivity contribution is -0.0390. The molecular formula is C16H26N2O.